The van der Waals surface area contributed by atoms with E-state index in [1.165, 1.54) is 23.3 Å². The van der Waals surface area contributed by atoms with Crippen LogP contribution in [-0.4, -0.2) is 10.1 Å². The molecule has 0 amide bonds. The van der Waals surface area contributed by atoms with Crippen LogP contribution in [0.2, 0.25) is 0 Å². The van der Waals surface area contributed by atoms with E-state index in [9.17, 15) is 0 Å². The fourth-order valence-electron chi connectivity index (χ4n) is 2.22. The summed E-state index contributed by atoms with van der Waals surface area (Å²) in [4.78, 5) is 5.67. The van der Waals surface area contributed by atoms with Crippen LogP contribution in [0.5, 0.6) is 0 Å². The minimum absolute atomic E-state index is 0.578. The van der Waals surface area contributed by atoms with Gasteiger partial charge in [-0.1, -0.05) is 5.16 Å². The van der Waals surface area contributed by atoms with Gasteiger partial charge in [-0.25, -0.2) is 0 Å². The Labute approximate surface area is 97.5 Å². The van der Waals surface area contributed by atoms with Crippen LogP contribution in [0, 0.1) is 6.92 Å². The van der Waals surface area contributed by atoms with Crippen LogP contribution >= 0.6 is 11.3 Å². The van der Waals surface area contributed by atoms with Crippen LogP contribution in [0.25, 0.3) is 11.5 Å². The summed E-state index contributed by atoms with van der Waals surface area (Å²) < 4.78 is 5.22. The molecule has 3 rings (SSSR count). The smallest absolute Gasteiger partial charge is 0.261 e. The second kappa shape index (κ2) is 3.59. The maximum Gasteiger partial charge on any atom is 0.261 e. The van der Waals surface area contributed by atoms with Crippen LogP contribution in [0.3, 0.4) is 0 Å². The number of nitrogen functional groups attached to an aromatic ring is 1. The molecule has 1 aliphatic carbocycles. The Balaban J connectivity index is 2.16. The molecule has 1 aliphatic rings. The molecule has 16 heavy (non-hydrogen) atoms. The van der Waals surface area contributed by atoms with Crippen LogP contribution in [0.1, 0.15) is 29.1 Å². The van der Waals surface area contributed by atoms with Gasteiger partial charge in [-0.2, -0.15) is 4.98 Å². The predicted molar refractivity (Wildman–Crippen MR) is 63.4 cm³/mol. The van der Waals surface area contributed by atoms with Crippen molar-refractivity contribution in [1.29, 1.82) is 0 Å². The number of hydrogen-bond donors (Lipinski definition) is 1. The van der Waals surface area contributed by atoms with Crippen molar-refractivity contribution in [1.82, 2.24) is 10.1 Å². The molecule has 2 aromatic rings. The summed E-state index contributed by atoms with van der Waals surface area (Å²) in [5, 5.41) is 4.64. The minimum Gasteiger partial charge on any atom is -0.390 e. The lowest BCUT2D eigenvalue weighted by Gasteiger charge is -2.10. The molecule has 2 N–H and O–H groups in total. The molecule has 5 heteroatoms. The van der Waals surface area contributed by atoms with Gasteiger partial charge in [0.15, 0.2) is 5.82 Å². The van der Waals surface area contributed by atoms with Gasteiger partial charge in [-0.3, -0.25) is 0 Å². The second-order valence-electron chi connectivity index (χ2n) is 4.10. The summed E-state index contributed by atoms with van der Waals surface area (Å²) in [6.45, 7) is 1.82. The van der Waals surface area contributed by atoms with Crippen molar-refractivity contribution in [3.8, 4) is 11.5 Å². The number of rotatable bonds is 1. The number of aromatic nitrogens is 2. The molecule has 0 saturated carbocycles. The van der Waals surface area contributed by atoms with E-state index in [1.807, 2.05) is 6.92 Å². The average molecular weight is 235 g/mol. The van der Waals surface area contributed by atoms with Crippen LogP contribution in [0.4, 0.5) is 5.00 Å². The van der Waals surface area contributed by atoms with E-state index in [2.05, 4.69) is 10.1 Å². The van der Waals surface area contributed by atoms with Crippen molar-refractivity contribution in [2.75, 3.05) is 5.73 Å². The van der Waals surface area contributed by atoms with E-state index in [4.69, 9.17) is 10.3 Å². The van der Waals surface area contributed by atoms with Crippen molar-refractivity contribution in [3.63, 3.8) is 0 Å². The van der Waals surface area contributed by atoms with E-state index in [0.29, 0.717) is 11.7 Å². The molecule has 0 saturated heterocycles. The Morgan fingerprint density at radius 2 is 2.12 bits per heavy atom. The van der Waals surface area contributed by atoms with Crippen LogP contribution in [-0.2, 0) is 12.8 Å². The molecule has 0 aliphatic heterocycles. The molecule has 0 unspecified atom stereocenters. The third-order valence-corrected chi connectivity index (χ3v) is 4.06. The molecule has 0 atom stereocenters. The molecule has 0 radical (unpaired) electrons. The van der Waals surface area contributed by atoms with E-state index in [-0.39, 0.29) is 0 Å². The number of thiophene rings is 1. The first kappa shape index (κ1) is 9.84. The molecule has 0 fully saturated rings. The molecule has 2 aromatic heterocycles. The molecule has 0 spiro atoms. The monoisotopic (exact) mass is 235 g/mol. The Morgan fingerprint density at radius 3 is 2.88 bits per heavy atom. The fraction of sp³-hybridized carbons (Fsp3) is 0.455. The van der Waals surface area contributed by atoms with Gasteiger partial charge in [0.1, 0.15) is 0 Å². The average Bonchev–Trinajstić information content (AvgIpc) is 2.80. The summed E-state index contributed by atoms with van der Waals surface area (Å²) in [5.74, 6) is 1.24. The molecule has 0 aromatic carbocycles. The highest BCUT2D eigenvalue weighted by Gasteiger charge is 2.23. The lowest BCUT2D eigenvalue weighted by Crippen LogP contribution is -1.99. The SMILES string of the molecule is Cc1noc(-c2c(N)sc3c2CCCC3)n1. The van der Waals surface area contributed by atoms with Crippen molar-refractivity contribution in [2.24, 2.45) is 0 Å². The topological polar surface area (TPSA) is 64.9 Å². The summed E-state index contributed by atoms with van der Waals surface area (Å²) in [6.07, 6.45) is 4.70. The van der Waals surface area contributed by atoms with Crippen LogP contribution < -0.4 is 5.73 Å². The zero-order valence-corrected chi connectivity index (χ0v) is 9.93. The zero-order valence-electron chi connectivity index (χ0n) is 9.12. The van der Waals surface area contributed by atoms with Crippen molar-refractivity contribution < 1.29 is 4.52 Å². The minimum atomic E-state index is 0.578. The highest BCUT2D eigenvalue weighted by molar-refractivity contribution is 7.16. The van der Waals surface area contributed by atoms with Crippen molar-refractivity contribution >= 4 is 16.3 Å². The maximum absolute atomic E-state index is 6.05. The number of hydrogen-bond acceptors (Lipinski definition) is 5. The van der Waals surface area contributed by atoms with E-state index >= 15 is 0 Å². The second-order valence-corrected chi connectivity index (χ2v) is 5.23. The summed E-state index contributed by atoms with van der Waals surface area (Å²) in [5.41, 5.74) is 8.37. The van der Waals surface area contributed by atoms with Gasteiger partial charge >= 0.3 is 0 Å². The molecule has 2 heterocycles. The first-order valence-electron chi connectivity index (χ1n) is 5.46. The van der Waals surface area contributed by atoms with E-state index in [1.54, 1.807) is 11.3 Å². The summed E-state index contributed by atoms with van der Waals surface area (Å²) >= 11 is 1.67. The third-order valence-electron chi connectivity index (χ3n) is 2.94. The van der Waals surface area contributed by atoms with Gasteiger partial charge in [0.25, 0.3) is 5.89 Å². The van der Waals surface area contributed by atoms with Gasteiger partial charge in [0.05, 0.1) is 10.6 Å². The molecular weight excluding hydrogens is 222 g/mol. The first-order chi connectivity index (χ1) is 7.75. The van der Waals surface area contributed by atoms with Crippen LogP contribution in [0.15, 0.2) is 4.52 Å². The third kappa shape index (κ3) is 1.43. The quantitative estimate of drug-likeness (QED) is 0.825. The highest BCUT2D eigenvalue weighted by Crippen LogP contribution is 2.41. The number of aryl methyl sites for hydroxylation is 2. The van der Waals surface area contributed by atoms with Gasteiger partial charge < -0.3 is 10.3 Å². The largest absolute Gasteiger partial charge is 0.390 e. The van der Waals surface area contributed by atoms with Gasteiger partial charge in [-0.05, 0) is 38.2 Å². The molecule has 0 bridgehead atoms. The maximum atomic E-state index is 6.05. The Bertz CT molecular complexity index is 529. The summed E-state index contributed by atoms with van der Waals surface area (Å²) in [6, 6.07) is 0. The Kier molecular flexibility index (Phi) is 2.21. The Hall–Kier alpha value is -1.36. The van der Waals surface area contributed by atoms with Crippen molar-refractivity contribution in [3.05, 3.63) is 16.3 Å². The van der Waals surface area contributed by atoms with Gasteiger partial charge in [-0.15, -0.1) is 11.3 Å². The predicted octanol–water partition coefficient (Wildman–Crippen LogP) is 2.57. The fourth-order valence-corrected chi connectivity index (χ4v) is 3.37. The molecule has 84 valence electrons. The van der Waals surface area contributed by atoms with Gasteiger partial charge in [0.2, 0.25) is 0 Å². The number of nitrogens with zero attached hydrogens (tertiary/aromatic N) is 2. The molecule has 4 nitrogen and oxygen atoms in total. The number of nitrogens with two attached hydrogens (primary N) is 1. The first-order valence-corrected chi connectivity index (χ1v) is 6.28. The van der Waals surface area contributed by atoms with Gasteiger partial charge in [0, 0.05) is 4.88 Å². The Morgan fingerprint density at radius 1 is 1.31 bits per heavy atom. The van der Waals surface area contributed by atoms with Crippen molar-refractivity contribution in [2.45, 2.75) is 32.6 Å². The number of anilines is 1. The van der Waals surface area contributed by atoms with E-state index < -0.39 is 0 Å². The standard InChI is InChI=1S/C11H13N3OS/c1-6-13-11(15-14-6)9-7-4-2-3-5-8(7)16-10(9)12/h2-5,12H2,1H3. The molecular formula is C11H13N3OS. The normalized spacial score (nSPS) is 15.1. The zero-order chi connectivity index (χ0) is 11.1. The lowest BCUT2D eigenvalue weighted by atomic mass is 9.95. The van der Waals surface area contributed by atoms with E-state index in [0.717, 1.165) is 23.4 Å². The number of fused-ring (bicyclic) bond motifs is 1. The highest BCUT2D eigenvalue weighted by atomic mass is 32.1. The summed E-state index contributed by atoms with van der Waals surface area (Å²) in [7, 11) is 0. The lowest BCUT2D eigenvalue weighted by molar-refractivity contribution is 0.425.